The number of nitrogens with zero attached hydrogens (tertiary/aromatic N) is 1. The molecule has 2 rings (SSSR count). The Morgan fingerprint density at radius 1 is 1.16 bits per heavy atom. The highest BCUT2D eigenvalue weighted by Gasteiger charge is 2.06. The summed E-state index contributed by atoms with van der Waals surface area (Å²) in [6, 6.07) is 15.9. The summed E-state index contributed by atoms with van der Waals surface area (Å²) in [5.41, 5.74) is 3.64. The highest BCUT2D eigenvalue weighted by molar-refractivity contribution is 5.91. The van der Waals surface area contributed by atoms with Crippen LogP contribution in [0.25, 0.3) is 0 Å². The molecular weight excluding hydrogens is 322 g/mol. The standard InChI is InChI=1S/C18H19N3O4/c1-13(22)18(24)21-19-11-14-7-9-16(10-8-14)25-12-17(23)20-15-5-3-2-4-6-15/h2-11,13,22H,12H2,1H3,(H,20,23)(H,21,24)/b19-11-/t13-/m0/s1. The molecule has 0 heterocycles. The molecule has 0 unspecified atom stereocenters. The van der Waals surface area contributed by atoms with E-state index in [1.54, 1.807) is 36.4 Å². The van der Waals surface area contributed by atoms with Crippen molar-refractivity contribution < 1.29 is 19.4 Å². The number of aliphatic hydroxyl groups is 1. The highest BCUT2D eigenvalue weighted by Crippen LogP contribution is 2.11. The lowest BCUT2D eigenvalue weighted by Crippen LogP contribution is -2.28. The van der Waals surface area contributed by atoms with Gasteiger partial charge in [0.05, 0.1) is 6.21 Å². The summed E-state index contributed by atoms with van der Waals surface area (Å²) < 4.78 is 5.41. The first-order valence-corrected chi connectivity index (χ1v) is 7.63. The second kappa shape index (κ2) is 9.19. The first kappa shape index (κ1) is 18.2. The number of anilines is 1. The molecule has 0 saturated heterocycles. The van der Waals surface area contributed by atoms with E-state index in [9.17, 15) is 9.59 Å². The number of hydrogen-bond donors (Lipinski definition) is 3. The van der Waals surface area contributed by atoms with E-state index in [4.69, 9.17) is 9.84 Å². The monoisotopic (exact) mass is 341 g/mol. The van der Waals surface area contributed by atoms with E-state index < -0.39 is 12.0 Å². The summed E-state index contributed by atoms with van der Waals surface area (Å²) in [4.78, 5) is 22.9. The SMILES string of the molecule is C[C@H](O)C(=O)N/N=C\c1ccc(OCC(=O)Nc2ccccc2)cc1. The summed E-state index contributed by atoms with van der Waals surface area (Å²) >= 11 is 0. The average molecular weight is 341 g/mol. The fourth-order valence-electron chi connectivity index (χ4n) is 1.78. The van der Waals surface area contributed by atoms with Gasteiger partial charge in [-0.3, -0.25) is 9.59 Å². The largest absolute Gasteiger partial charge is 0.484 e. The zero-order chi connectivity index (χ0) is 18.1. The smallest absolute Gasteiger partial charge is 0.268 e. The van der Waals surface area contributed by atoms with Crippen LogP contribution in [0, 0.1) is 0 Å². The lowest BCUT2D eigenvalue weighted by atomic mass is 10.2. The third-order valence-corrected chi connectivity index (χ3v) is 3.08. The van der Waals surface area contributed by atoms with E-state index in [2.05, 4.69) is 15.8 Å². The topological polar surface area (TPSA) is 100 Å². The van der Waals surface area contributed by atoms with Crippen molar-refractivity contribution in [3.05, 3.63) is 60.2 Å². The Kier molecular flexibility index (Phi) is 6.67. The lowest BCUT2D eigenvalue weighted by molar-refractivity contribution is -0.128. The molecule has 130 valence electrons. The van der Waals surface area contributed by atoms with Crippen LogP contribution in [-0.2, 0) is 9.59 Å². The predicted molar refractivity (Wildman–Crippen MR) is 94.4 cm³/mol. The molecule has 1 atom stereocenters. The molecule has 0 fully saturated rings. The van der Waals surface area contributed by atoms with Gasteiger partial charge in [0, 0.05) is 5.69 Å². The van der Waals surface area contributed by atoms with Crippen molar-refractivity contribution >= 4 is 23.7 Å². The number of hydrogen-bond acceptors (Lipinski definition) is 5. The molecule has 0 aliphatic carbocycles. The van der Waals surface area contributed by atoms with E-state index in [1.807, 2.05) is 18.2 Å². The summed E-state index contributed by atoms with van der Waals surface area (Å²) in [7, 11) is 0. The minimum Gasteiger partial charge on any atom is -0.484 e. The first-order valence-electron chi connectivity index (χ1n) is 7.63. The van der Waals surface area contributed by atoms with Crippen molar-refractivity contribution in [2.75, 3.05) is 11.9 Å². The number of rotatable bonds is 7. The Labute approximate surface area is 145 Å². The van der Waals surface area contributed by atoms with E-state index in [0.29, 0.717) is 11.4 Å². The van der Waals surface area contributed by atoms with Crippen molar-refractivity contribution in [3.8, 4) is 5.75 Å². The second-order valence-electron chi connectivity index (χ2n) is 5.18. The molecule has 0 aromatic heterocycles. The summed E-state index contributed by atoms with van der Waals surface area (Å²) in [6.07, 6.45) is 0.321. The Hall–Kier alpha value is -3.19. The number of carbonyl (C=O) groups excluding carboxylic acids is 2. The van der Waals surface area contributed by atoms with Gasteiger partial charge in [-0.25, -0.2) is 5.43 Å². The first-order chi connectivity index (χ1) is 12.0. The van der Waals surface area contributed by atoms with Crippen LogP contribution >= 0.6 is 0 Å². The van der Waals surface area contributed by atoms with Crippen molar-refractivity contribution in [1.29, 1.82) is 0 Å². The van der Waals surface area contributed by atoms with Crippen LogP contribution in [0.4, 0.5) is 5.69 Å². The minimum atomic E-state index is -1.12. The van der Waals surface area contributed by atoms with Crippen LogP contribution in [0.2, 0.25) is 0 Å². The van der Waals surface area contributed by atoms with Gasteiger partial charge in [0.15, 0.2) is 6.61 Å². The van der Waals surface area contributed by atoms with Gasteiger partial charge in [-0.15, -0.1) is 0 Å². The number of carbonyl (C=O) groups is 2. The molecule has 0 radical (unpaired) electrons. The van der Waals surface area contributed by atoms with Gasteiger partial charge in [-0.05, 0) is 48.9 Å². The molecule has 2 aromatic rings. The molecule has 25 heavy (non-hydrogen) atoms. The van der Waals surface area contributed by atoms with E-state index in [0.717, 1.165) is 5.56 Å². The van der Waals surface area contributed by atoms with Crippen LogP contribution in [0.1, 0.15) is 12.5 Å². The number of amides is 2. The summed E-state index contributed by atoms with van der Waals surface area (Å²) in [5, 5.41) is 15.5. The quantitative estimate of drug-likeness (QED) is 0.525. The Morgan fingerprint density at radius 2 is 1.84 bits per heavy atom. The predicted octanol–water partition coefficient (Wildman–Crippen LogP) is 1.53. The molecule has 0 saturated carbocycles. The highest BCUT2D eigenvalue weighted by atomic mass is 16.5. The maximum Gasteiger partial charge on any atom is 0.268 e. The van der Waals surface area contributed by atoms with Gasteiger partial charge < -0.3 is 15.2 Å². The number of para-hydroxylation sites is 1. The Bertz CT molecular complexity index is 728. The molecule has 2 aromatic carbocycles. The fraction of sp³-hybridized carbons (Fsp3) is 0.167. The number of aliphatic hydroxyl groups excluding tert-OH is 1. The van der Waals surface area contributed by atoms with Gasteiger partial charge in [0.1, 0.15) is 11.9 Å². The Morgan fingerprint density at radius 3 is 2.48 bits per heavy atom. The van der Waals surface area contributed by atoms with E-state index in [-0.39, 0.29) is 12.5 Å². The fourth-order valence-corrected chi connectivity index (χ4v) is 1.78. The number of hydrazone groups is 1. The molecule has 0 spiro atoms. The van der Waals surface area contributed by atoms with Gasteiger partial charge in [-0.1, -0.05) is 18.2 Å². The van der Waals surface area contributed by atoms with E-state index in [1.165, 1.54) is 13.1 Å². The van der Waals surface area contributed by atoms with Crippen LogP contribution < -0.4 is 15.5 Å². The average Bonchev–Trinajstić information content (AvgIpc) is 2.61. The van der Waals surface area contributed by atoms with Gasteiger partial charge in [0.2, 0.25) is 0 Å². The molecule has 0 aliphatic heterocycles. The van der Waals surface area contributed by atoms with Crippen LogP contribution in [0.5, 0.6) is 5.75 Å². The third kappa shape index (κ3) is 6.44. The van der Waals surface area contributed by atoms with Crippen molar-refractivity contribution in [3.63, 3.8) is 0 Å². The lowest BCUT2D eigenvalue weighted by Gasteiger charge is -2.07. The molecule has 0 aliphatic rings. The zero-order valence-electron chi connectivity index (χ0n) is 13.7. The van der Waals surface area contributed by atoms with Crippen molar-refractivity contribution in [1.82, 2.24) is 5.43 Å². The molecule has 2 amide bonds. The molecule has 3 N–H and O–H groups in total. The minimum absolute atomic E-state index is 0.104. The number of benzene rings is 2. The van der Waals surface area contributed by atoms with Crippen LogP contribution in [-0.4, -0.2) is 35.8 Å². The van der Waals surface area contributed by atoms with Gasteiger partial charge in [0.25, 0.3) is 11.8 Å². The summed E-state index contributed by atoms with van der Waals surface area (Å²) in [5.74, 6) is -0.299. The molecular formula is C18H19N3O4. The van der Waals surface area contributed by atoms with Crippen LogP contribution in [0.3, 0.4) is 0 Å². The third-order valence-electron chi connectivity index (χ3n) is 3.08. The summed E-state index contributed by atoms with van der Waals surface area (Å²) in [6.45, 7) is 1.25. The van der Waals surface area contributed by atoms with Crippen molar-refractivity contribution in [2.24, 2.45) is 5.10 Å². The normalized spacial score (nSPS) is 11.8. The zero-order valence-corrected chi connectivity index (χ0v) is 13.7. The maximum absolute atomic E-state index is 11.8. The van der Waals surface area contributed by atoms with Gasteiger partial charge >= 0.3 is 0 Å². The molecule has 0 bridgehead atoms. The number of ether oxygens (including phenoxy) is 1. The van der Waals surface area contributed by atoms with Crippen molar-refractivity contribution in [2.45, 2.75) is 13.0 Å². The number of nitrogens with one attached hydrogen (secondary N) is 2. The Balaban J connectivity index is 1.79. The van der Waals surface area contributed by atoms with Crippen LogP contribution in [0.15, 0.2) is 59.7 Å². The van der Waals surface area contributed by atoms with Gasteiger partial charge in [-0.2, -0.15) is 5.10 Å². The maximum atomic E-state index is 11.8. The van der Waals surface area contributed by atoms with E-state index >= 15 is 0 Å². The second-order valence-corrected chi connectivity index (χ2v) is 5.18. The molecule has 7 heteroatoms. The molecule has 7 nitrogen and oxygen atoms in total.